The zero-order chi connectivity index (χ0) is 9.42. The Morgan fingerprint density at radius 3 is 2.92 bits per heavy atom. The third-order valence-corrected chi connectivity index (χ3v) is 2.04. The van der Waals surface area contributed by atoms with Crippen LogP contribution in [0.4, 0.5) is 0 Å². The van der Waals surface area contributed by atoms with E-state index in [1.54, 1.807) is 0 Å². The van der Waals surface area contributed by atoms with Gasteiger partial charge in [-0.05, 0) is 13.0 Å². The first kappa shape index (κ1) is 8.26. The predicted molar refractivity (Wildman–Crippen MR) is 51.3 cm³/mol. The first-order chi connectivity index (χ1) is 6.18. The van der Waals surface area contributed by atoms with Gasteiger partial charge in [0.2, 0.25) is 0 Å². The number of benzene rings is 1. The lowest BCUT2D eigenvalue weighted by molar-refractivity contribution is 0.554. The minimum Gasteiger partial charge on any atom is -0.441 e. The fourth-order valence-electron chi connectivity index (χ4n) is 1.44. The monoisotopic (exact) mass is 176 g/mol. The summed E-state index contributed by atoms with van der Waals surface area (Å²) in [6.07, 6.45) is 0. The highest BCUT2D eigenvalue weighted by atomic mass is 16.3. The quantitative estimate of drug-likeness (QED) is 0.724. The van der Waals surface area contributed by atoms with E-state index in [0.717, 1.165) is 16.7 Å². The van der Waals surface area contributed by atoms with Crippen molar-refractivity contribution in [3.63, 3.8) is 0 Å². The molecule has 1 unspecified atom stereocenters. The molecule has 1 atom stereocenters. The number of fused-ring (bicyclic) bond motifs is 1. The molecular formula is C10H12N2O. The molecule has 0 saturated heterocycles. The lowest BCUT2D eigenvalue weighted by Gasteiger charge is -2.03. The van der Waals surface area contributed by atoms with E-state index >= 15 is 0 Å². The highest BCUT2D eigenvalue weighted by molar-refractivity contribution is 5.76. The summed E-state index contributed by atoms with van der Waals surface area (Å²) < 4.78 is 5.47. The maximum absolute atomic E-state index is 5.80. The number of hydrogen-bond donors (Lipinski definition) is 1. The van der Waals surface area contributed by atoms with Crippen LogP contribution in [0.1, 0.15) is 24.4 Å². The Morgan fingerprint density at radius 1 is 1.46 bits per heavy atom. The van der Waals surface area contributed by atoms with Crippen molar-refractivity contribution in [1.29, 1.82) is 0 Å². The Balaban J connectivity index is 2.75. The average molecular weight is 176 g/mol. The number of oxazole rings is 1. The minimum atomic E-state index is -0.0175. The van der Waals surface area contributed by atoms with E-state index in [1.807, 2.05) is 32.0 Å². The van der Waals surface area contributed by atoms with Crippen LogP contribution < -0.4 is 5.73 Å². The van der Waals surface area contributed by atoms with E-state index in [0.29, 0.717) is 5.89 Å². The summed E-state index contributed by atoms with van der Waals surface area (Å²) >= 11 is 0. The van der Waals surface area contributed by atoms with Gasteiger partial charge < -0.3 is 10.2 Å². The van der Waals surface area contributed by atoms with E-state index < -0.39 is 0 Å². The largest absolute Gasteiger partial charge is 0.441 e. The van der Waals surface area contributed by atoms with Crippen LogP contribution in [-0.4, -0.2) is 4.98 Å². The second kappa shape index (κ2) is 2.85. The Kier molecular flexibility index (Phi) is 1.81. The lowest BCUT2D eigenvalue weighted by Crippen LogP contribution is -2.04. The van der Waals surface area contributed by atoms with Crippen molar-refractivity contribution in [3.8, 4) is 0 Å². The molecule has 1 aromatic heterocycles. The number of aryl methyl sites for hydroxylation is 1. The van der Waals surface area contributed by atoms with Crippen LogP contribution >= 0.6 is 0 Å². The molecule has 0 amide bonds. The summed E-state index contributed by atoms with van der Waals surface area (Å²) in [5.41, 5.74) is 8.51. The molecule has 0 radical (unpaired) electrons. The normalized spacial score (nSPS) is 13.5. The van der Waals surface area contributed by atoms with Crippen LogP contribution in [0.3, 0.4) is 0 Å². The maximum atomic E-state index is 5.80. The third-order valence-electron chi connectivity index (χ3n) is 2.04. The summed E-state index contributed by atoms with van der Waals surface area (Å²) in [6, 6.07) is 5.83. The molecule has 0 spiro atoms. The molecule has 2 rings (SSSR count). The van der Waals surface area contributed by atoms with Crippen LogP contribution in [0.2, 0.25) is 0 Å². The molecule has 3 nitrogen and oxygen atoms in total. The smallest absolute Gasteiger partial charge is 0.192 e. The second-order valence-corrected chi connectivity index (χ2v) is 3.22. The van der Waals surface area contributed by atoms with E-state index in [-0.39, 0.29) is 6.04 Å². The summed E-state index contributed by atoms with van der Waals surface area (Å²) in [5.74, 6) is 0.683. The van der Waals surface area contributed by atoms with Gasteiger partial charge in [-0.15, -0.1) is 0 Å². The average Bonchev–Trinajstić information content (AvgIpc) is 2.43. The Bertz CT molecular complexity index is 431. The second-order valence-electron chi connectivity index (χ2n) is 3.22. The molecule has 0 aliphatic rings. The molecule has 0 bridgehead atoms. The Labute approximate surface area is 76.6 Å². The van der Waals surface area contributed by atoms with Gasteiger partial charge in [0.15, 0.2) is 11.5 Å². The number of nitrogens with zero attached hydrogens (tertiary/aromatic N) is 1. The first-order valence-electron chi connectivity index (χ1n) is 4.30. The van der Waals surface area contributed by atoms with Crippen molar-refractivity contribution < 1.29 is 4.42 Å². The van der Waals surface area contributed by atoms with Crippen LogP contribution in [-0.2, 0) is 0 Å². The lowest BCUT2D eigenvalue weighted by atomic mass is 10.1. The van der Waals surface area contributed by atoms with Gasteiger partial charge in [-0.25, -0.2) is 4.98 Å². The van der Waals surface area contributed by atoms with Gasteiger partial charge >= 0.3 is 0 Å². The van der Waals surface area contributed by atoms with Crippen LogP contribution in [0.5, 0.6) is 0 Å². The highest BCUT2D eigenvalue weighted by Crippen LogP contribution is 2.23. The summed E-state index contributed by atoms with van der Waals surface area (Å²) in [6.45, 7) is 3.78. The van der Waals surface area contributed by atoms with Gasteiger partial charge in [0.25, 0.3) is 0 Å². The van der Waals surface area contributed by atoms with Crippen LogP contribution in [0.15, 0.2) is 22.6 Å². The van der Waals surface area contributed by atoms with Crippen molar-refractivity contribution in [1.82, 2.24) is 4.98 Å². The SMILES string of the molecule is Cc1nc2cccc(C(C)N)c2o1. The molecule has 0 aliphatic carbocycles. The van der Waals surface area contributed by atoms with Crippen LogP contribution in [0.25, 0.3) is 11.1 Å². The zero-order valence-electron chi connectivity index (χ0n) is 7.74. The molecule has 1 heterocycles. The third kappa shape index (κ3) is 1.31. The van der Waals surface area contributed by atoms with Crippen LogP contribution in [0, 0.1) is 6.92 Å². The molecule has 13 heavy (non-hydrogen) atoms. The van der Waals surface area contributed by atoms with Crippen molar-refractivity contribution in [2.24, 2.45) is 5.73 Å². The number of para-hydroxylation sites is 1. The summed E-state index contributed by atoms with van der Waals surface area (Å²) in [4.78, 5) is 4.23. The molecule has 0 saturated carbocycles. The van der Waals surface area contributed by atoms with E-state index in [4.69, 9.17) is 10.2 Å². The topological polar surface area (TPSA) is 52.0 Å². The molecule has 2 N–H and O–H groups in total. The Morgan fingerprint density at radius 2 is 2.23 bits per heavy atom. The highest BCUT2D eigenvalue weighted by Gasteiger charge is 2.09. The summed E-state index contributed by atoms with van der Waals surface area (Å²) in [7, 11) is 0. The van der Waals surface area contributed by atoms with E-state index in [1.165, 1.54) is 0 Å². The van der Waals surface area contributed by atoms with Crippen molar-refractivity contribution >= 4 is 11.1 Å². The molecular weight excluding hydrogens is 164 g/mol. The van der Waals surface area contributed by atoms with E-state index in [2.05, 4.69) is 4.98 Å². The standard InChI is InChI=1S/C10H12N2O/c1-6(11)8-4-3-5-9-10(8)13-7(2)12-9/h3-6H,11H2,1-2H3. The van der Waals surface area contributed by atoms with Crippen molar-refractivity contribution in [3.05, 3.63) is 29.7 Å². The van der Waals surface area contributed by atoms with E-state index in [9.17, 15) is 0 Å². The number of rotatable bonds is 1. The predicted octanol–water partition coefficient (Wildman–Crippen LogP) is 2.16. The van der Waals surface area contributed by atoms with Crippen molar-refractivity contribution in [2.75, 3.05) is 0 Å². The van der Waals surface area contributed by atoms with Gasteiger partial charge in [0.1, 0.15) is 5.52 Å². The molecule has 68 valence electrons. The zero-order valence-corrected chi connectivity index (χ0v) is 7.74. The maximum Gasteiger partial charge on any atom is 0.192 e. The molecule has 1 aromatic carbocycles. The summed E-state index contributed by atoms with van der Waals surface area (Å²) in [5, 5.41) is 0. The van der Waals surface area contributed by atoms with Gasteiger partial charge in [-0.3, -0.25) is 0 Å². The van der Waals surface area contributed by atoms with Gasteiger partial charge in [-0.2, -0.15) is 0 Å². The fourth-order valence-corrected chi connectivity index (χ4v) is 1.44. The molecule has 2 aromatic rings. The number of nitrogens with two attached hydrogens (primary N) is 1. The van der Waals surface area contributed by atoms with Gasteiger partial charge in [-0.1, -0.05) is 12.1 Å². The molecule has 3 heteroatoms. The van der Waals surface area contributed by atoms with Gasteiger partial charge in [0.05, 0.1) is 0 Å². The van der Waals surface area contributed by atoms with Crippen molar-refractivity contribution in [2.45, 2.75) is 19.9 Å². The number of aromatic nitrogens is 1. The Hall–Kier alpha value is -1.35. The first-order valence-corrected chi connectivity index (χ1v) is 4.30. The molecule has 0 fully saturated rings. The van der Waals surface area contributed by atoms with Gasteiger partial charge in [0, 0.05) is 18.5 Å². The molecule has 0 aliphatic heterocycles. The minimum absolute atomic E-state index is 0.0175. The number of hydrogen-bond acceptors (Lipinski definition) is 3. The fraction of sp³-hybridized carbons (Fsp3) is 0.300.